The fourth-order valence-electron chi connectivity index (χ4n) is 2.90. The quantitative estimate of drug-likeness (QED) is 0.829. The smallest absolute Gasteiger partial charge is 0.289 e. The molecular formula is C16H18N4O3. The molecule has 0 N–H and O–H groups in total. The van der Waals surface area contributed by atoms with Crippen molar-refractivity contribution in [1.29, 1.82) is 0 Å². The molecule has 0 unspecified atom stereocenters. The van der Waals surface area contributed by atoms with Crippen LogP contribution in [0.25, 0.3) is 0 Å². The van der Waals surface area contributed by atoms with E-state index in [-0.39, 0.29) is 17.1 Å². The molecule has 0 atom stereocenters. The standard InChI is InChI=1S/C16H18N4O3/c1-10-8-12(21)9-13(23-10)16(22)19-5-4-14-17-15(11-2-3-11)18-20(14)7-6-19/h8-9,11H,2-7H2,1H3. The zero-order chi connectivity index (χ0) is 16.0. The highest BCUT2D eigenvalue weighted by Crippen LogP contribution is 2.38. The second-order valence-corrected chi connectivity index (χ2v) is 6.19. The summed E-state index contributed by atoms with van der Waals surface area (Å²) in [6.45, 7) is 3.38. The first-order valence-electron chi connectivity index (χ1n) is 7.95. The van der Waals surface area contributed by atoms with Crippen molar-refractivity contribution < 1.29 is 9.21 Å². The van der Waals surface area contributed by atoms with Gasteiger partial charge in [0.1, 0.15) is 11.6 Å². The first-order chi connectivity index (χ1) is 11.1. The van der Waals surface area contributed by atoms with Gasteiger partial charge >= 0.3 is 0 Å². The van der Waals surface area contributed by atoms with Crippen molar-refractivity contribution in [3.05, 3.63) is 45.5 Å². The van der Waals surface area contributed by atoms with Gasteiger partial charge in [0.2, 0.25) is 0 Å². The van der Waals surface area contributed by atoms with Crippen LogP contribution in [0.15, 0.2) is 21.3 Å². The minimum Gasteiger partial charge on any atom is -0.456 e. The molecule has 120 valence electrons. The van der Waals surface area contributed by atoms with Gasteiger partial charge in [0, 0.05) is 37.6 Å². The van der Waals surface area contributed by atoms with Crippen molar-refractivity contribution in [2.75, 3.05) is 13.1 Å². The van der Waals surface area contributed by atoms with Crippen LogP contribution in [0, 0.1) is 6.92 Å². The van der Waals surface area contributed by atoms with Gasteiger partial charge in [0.15, 0.2) is 17.0 Å². The lowest BCUT2D eigenvalue weighted by Crippen LogP contribution is -2.34. The molecule has 4 rings (SSSR count). The third-order valence-electron chi connectivity index (χ3n) is 4.28. The van der Waals surface area contributed by atoms with Crippen LogP contribution in [-0.4, -0.2) is 38.7 Å². The van der Waals surface area contributed by atoms with Crippen molar-refractivity contribution in [1.82, 2.24) is 19.7 Å². The summed E-state index contributed by atoms with van der Waals surface area (Å²) in [5.74, 6) is 2.71. The highest BCUT2D eigenvalue weighted by atomic mass is 16.3. The number of fused-ring (bicyclic) bond motifs is 1. The minimum atomic E-state index is -0.251. The largest absolute Gasteiger partial charge is 0.456 e. The second-order valence-electron chi connectivity index (χ2n) is 6.19. The van der Waals surface area contributed by atoms with Crippen molar-refractivity contribution in [3.63, 3.8) is 0 Å². The van der Waals surface area contributed by atoms with Gasteiger partial charge in [-0.15, -0.1) is 0 Å². The summed E-state index contributed by atoms with van der Waals surface area (Å²) in [5, 5.41) is 4.56. The molecule has 2 aliphatic rings. The number of carbonyl (C=O) groups is 1. The van der Waals surface area contributed by atoms with Crippen molar-refractivity contribution in [2.24, 2.45) is 0 Å². The fourth-order valence-corrected chi connectivity index (χ4v) is 2.90. The first-order valence-corrected chi connectivity index (χ1v) is 7.95. The number of aryl methyl sites for hydroxylation is 1. The van der Waals surface area contributed by atoms with E-state index in [0.29, 0.717) is 37.7 Å². The molecule has 1 fully saturated rings. The Labute approximate surface area is 132 Å². The summed E-state index contributed by atoms with van der Waals surface area (Å²) in [4.78, 5) is 30.4. The molecule has 2 aromatic heterocycles. The summed E-state index contributed by atoms with van der Waals surface area (Å²) < 4.78 is 7.31. The van der Waals surface area contributed by atoms with Crippen LogP contribution in [0.5, 0.6) is 0 Å². The van der Waals surface area contributed by atoms with E-state index in [1.165, 1.54) is 25.0 Å². The zero-order valence-corrected chi connectivity index (χ0v) is 13.0. The van der Waals surface area contributed by atoms with Crippen LogP contribution in [0.3, 0.4) is 0 Å². The molecule has 23 heavy (non-hydrogen) atoms. The molecule has 2 aromatic rings. The third kappa shape index (κ3) is 2.78. The number of hydrogen-bond donors (Lipinski definition) is 0. The molecular weight excluding hydrogens is 296 g/mol. The summed E-state index contributed by atoms with van der Waals surface area (Å²) in [6, 6.07) is 2.63. The van der Waals surface area contributed by atoms with Gasteiger partial charge < -0.3 is 9.32 Å². The average Bonchev–Trinajstić information content (AvgIpc) is 3.30. The van der Waals surface area contributed by atoms with Crippen LogP contribution < -0.4 is 5.43 Å². The number of rotatable bonds is 2. The summed E-state index contributed by atoms with van der Waals surface area (Å²) in [6.07, 6.45) is 3.03. The normalized spacial score (nSPS) is 17.7. The predicted octanol–water partition coefficient (Wildman–Crippen LogP) is 1.12. The van der Waals surface area contributed by atoms with E-state index >= 15 is 0 Å². The first kappa shape index (κ1) is 14.2. The van der Waals surface area contributed by atoms with Gasteiger partial charge in [-0.3, -0.25) is 9.59 Å². The Kier molecular flexibility index (Phi) is 3.28. The molecule has 3 heterocycles. The van der Waals surface area contributed by atoms with Crippen LogP contribution in [0.4, 0.5) is 0 Å². The van der Waals surface area contributed by atoms with Crippen LogP contribution >= 0.6 is 0 Å². The van der Waals surface area contributed by atoms with Gasteiger partial charge in [-0.1, -0.05) is 0 Å². The highest BCUT2D eigenvalue weighted by Gasteiger charge is 2.30. The van der Waals surface area contributed by atoms with E-state index in [1.807, 2.05) is 4.68 Å². The lowest BCUT2D eigenvalue weighted by atomic mass is 10.3. The molecule has 1 aliphatic carbocycles. The summed E-state index contributed by atoms with van der Waals surface area (Å²) in [5.41, 5.74) is -0.212. The number of aromatic nitrogens is 3. The SMILES string of the molecule is Cc1cc(=O)cc(C(=O)N2CCc3nc(C4CC4)nn3CC2)o1. The monoisotopic (exact) mass is 314 g/mol. The molecule has 0 bridgehead atoms. The molecule has 0 aromatic carbocycles. The summed E-state index contributed by atoms with van der Waals surface area (Å²) in [7, 11) is 0. The lowest BCUT2D eigenvalue weighted by Gasteiger charge is -2.19. The Hall–Kier alpha value is -2.44. The molecule has 7 nitrogen and oxygen atoms in total. The molecule has 7 heteroatoms. The van der Waals surface area contributed by atoms with E-state index in [4.69, 9.17) is 4.42 Å². The Morgan fingerprint density at radius 2 is 2.09 bits per heavy atom. The van der Waals surface area contributed by atoms with Crippen molar-refractivity contribution in [3.8, 4) is 0 Å². The fraction of sp³-hybridized carbons (Fsp3) is 0.500. The average molecular weight is 314 g/mol. The van der Waals surface area contributed by atoms with Crippen LogP contribution in [0.2, 0.25) is 0 Å². The van der Waals surface area contributed by atoms with E-state index < -0.39 is 0 Å². The van der Waals surface area contributed by atoms with Gasteiger partial charge in [-0.25, -0.2) is 9.67 Å². The number of amides is 1. The highest BCUT2D eigenvalue weighted by molar-refractivity contribution is 5.91. The van der Waals surface area contributed by atoms with E-state index in [1.54, 1.807) is 11.8 Å². The molecule has 1 saturated carbocycles. The molecule has 1 amide bonds. The van der Waals surface area contributed by atoms with E-state index in [2.05, 4.69) is 10.1 Å². The number of hydrogen-bond acceptors (Lipinski definition) is 5. The Morgan fingerprint density at radius 3 is 2.83 bits per heavy atom. The minimum absolute atomic E-state index is 0.0983. The van der Waals surface area contributed by atoms with Crippen molar-refractivity contribution in [2.45, 2.75) is 38.6 Å². The lowest BCUT2D eigenvalue weighted by molar-refractivity contribution is 0.0721. The Bertz CT molecular complexity index is 793. The van der Waals surface area contributed by atoms with Crippen LogP contribution in [0.1, 0.15) is 46.7 Å². The molecule has 0 spiro atoms. The molecule has 0 radical (unpaired) electrons. The number of nitrogens with zero attached hydrogens (tertiary/aromatic N) is 4. The molecule has 1 aliphatic heterocycles. The van der Waals surface area contributed by atoms with Gasteiger partial charge in [0.05, 0.1) is 6.54 Å². The zero-order valence-electron chi connectivity index (χ0n) is 13.0. The van der Waals surface area contributed by atoms with Gasteiger partial charge in [-0.2, -0.15) is 5.10 Å². The number of carbonyl (C=O) groups excluding carboxylic acids is 1. The van der Waals surface area contributed by atoms with Gasteiger partial charge in [-0.05, 0) is 19.8 Å². The molecule has 0 saturated heterocycles. The van der Waals surface area contributed by atoms with E-state index in [0.717, 1.165) is 11.6 Å². The maximum Gasteiger partial charge on any atom is 0.289 e. The van der Waals surface area contributed by atoms with Crippen molar-refractivity contribution >= 4 is 5.91 Å². The second kappa shape index (κ2) is 5.33. The predicted molar refractivity (Wildman–Crippen MR) is 81.3 cm³/mol. The van der Waals surface area contributed by atoms with E-state index in [9.17, 15) is 9.59 Å². The maximum atomic E-state index is 12.6. The van der Waals surface area contributed by atoms with Gasteiger partial charge in [0.25, 0.3) is 5.91 Å². The summed E-state index contributed by atoms with van der Waals surface area (Å²) >= 11 is 0. The topological polar surface area (TPSA) is 81.2 Å². The third-order valence-corrected chi connectivity index (χ3v) is 4.28. The maximum absolute atomic E-state index is 12.6. The van der Waals surface area contributed by atoms with Crippen LogP contribution in [-0.2, 0) is 13.0 Å². The Morgan fingerprint density at radius 1 is 1.26 bits per heavy atom. The Balaban J connectivity index is 1.51.